The smallest absolute Gasteiger partial charge is 0.270 e. The maximum atomic E-state index is 12.8. The van der Waals surface area contributed by atoms with E-state index >= 15 is 0 Å². The number of carbonyl (C=O) groups is 1. The molecule has 0 aliphatic carbocycles. The second kappa shape index (κ2) is 7.38. The van der Waals surface area contributed by atoms with E-state index in [1.54, 1.807) is 23.1 Å². The van der Waals surface area contributed by atoms with Gasteiger partial charge in [0.25, 0.3) is 5.91 Å². The Bertz CT molecular complexity index is 879. The molecule has 3 nitrogen and oxygen atoms in total. The molecule has 1 saturated heterocycles. The lowest BCUT2D eigenvalue weighted by atomic mass is 10.2. The number of amides is 1. The van der Waals surface area contributed by atoms with Crippen molar-refractivity contribution < 1.29 is 4.79 Å². The average molecular weight is 409 g/mol. The van der Waals surface area contributed by atoms with Gasteiger partial charge in [0, 0.05) is 19.8 Å². The molecule has 0 radical (unpaired) electrons. The zero-order chi connectivity index (χ0) is 18.1. The van der Waals surface area contributed by atoms with Crippen LogP contribution in [0.25, 0.3) is 6.08 Å². The highest BCUT2D eigenvalue weighted by Gasteiger charge is 2.33. The van der Waals surface area contributed by atoms with Crippen molar-refractivity contribution in [1.29, 1.82) is 0 Å². The molecule has 0 unspecified atom stereocenters. The summed E-state index contributed by atoms with van der Waals surface area (Å²) < 4.78 is 0.508. The van der Waals surface area contributed by atoms with Gasteiger partial charge in [0.15, 0.2) is 4.32 Å². The maximum absolute atomic E-state index is 12.8. The zero-order valence-electron chi connectivity index (χ0n) is 13.5. The number of hydrogen-bond acceptors (Lipinski definition) is 4. The highest BCUT2D eigenvalue weighted by Crippen LogP contribution is 2.37. The standard InChI is InChI=1S/C18H14Cl2N2OS2/c1-21(2)12-4-6-13(7-5-12)22-17(23)16(25-18(22)24)10-11-3-8-14(19)15(20)9-11/h3-10H,1-2H3. The van der Waals surface area contributed by atoms with Gasteiger partial charge in [0.1, 0.15) is 0 Å². The summed E-state index contributed by atoms with van der Waals surface area (Å²) in [7, 11) is 3.93. The van der Waals surface area contributed by atoms with Gasteiger partial charge in [-0.3, -0.25) is 9.69 Å². The minimum atomic E-state index is -0.140. The summed E-state index contributed by atoms with van der Waals surface area (Å²) in [5.74, 6) is -0.140. The van der Waals surface area contributed by atoms with Crippen LogP contribution in [0.3, 0.4) is 0 Å². The fraction of sp³-hybridized carbons (Fsp3) is 0.111. The van der Waals surface area contributed by atoms with Crippen molar-refractivity contribution >= 4 is 74.9 Å². The molecule has 1 aliphatic rings. The second-order valence-corrected chi connectivity index (χ2v) is 8.09. The Morgan fingerprint density at radius 1 is 1.08 bits per heavy atom. The molecule has 0 N–H and O–H groups in total. The van der Waals surface area contributed by atoms with E-state index in [0.717, 1.165) is 16.9 Å². The molecule has 2 aromatic rings. The van der Waals surface area contributed by atoms with E-state index in [1.807, 2.05) is 49.3 Å². The van der Waals surface area contributed by atoms with Gasteiger partial charge in [0.2, 0.25) is 0 Å². The minimum Gasteiger partial charge on any atom is -0.378 e. The van der Waals surface area contributed by atoms with Crippen LogP contribution in [-0.2, 0) is 4.79 Å². The van der Waals surface area contributed by atoms with Gasteiger partial charge in [0.05, 0.1) is 20.6 Å². The lowest BCUT2D eigenvalue weighted by molar-refractivity contribution is -0.113. The van der Waals surface area contributed by atoms with Crippen LogP contribution in [0, 0.1) is 0 Å². The third kappa shape index (κ3) is 3.85. The van der Waals surface area contributed by atoms with E-state index in [2.05, 4.69) is 0 Å². The zero-order valence-corrected chi connectivity index (χ0v) is 16.6. The molecule has 1 fully saturated rings. The molecule has 0 bridgehead atoms. The van der Waals surface area contributed by atoms with Crippen molar-refractivity contribution in [3.05, 3.63) is 63.0 Å². The van der Waals surface area contributed by atoms with Gasteiger partial charge in [-0.25, -0.2) is 0 Å². The first-order chi connectivity index (χ1) is 11.9. The number of benzene rings is 2. The Balaban J connectivity index is 1.89. The summed E-state index contributed by atoms with van der Waals surface area (Å²) in [6.45, 7) is 0. The first-order valence-electron chi connectivity index (χ1n) is 7.37. The topological polar surface area (TPSA) is 23.6 Å². The van der Waals surface area contributed by atoms with Gasteiger partial charge in [-0.15, -0.1) is 0 Å². The Morgan fingerprint density at radius 2 is 1.76 bits per heavy atom. The summed E-state index contributed by atoms with van der Waals surface area (Å²) >= 11 is 18.6. The number of carbonyl (C=O) groups excluding carboxylic acids is 1. The molecule has 1 amide bonds. The van der Waals surface area contributed by atoms with E-state index in [0.29, 0.717) is 19.3 Å². The highest BCUT2D eigenvalue weighted by molar-refractivity contribution is 8.27. The van der Waals surface area contributed by atoms with Gasteiger partial charge >= 0.3 is 0 Å². The number of nitrogens with zero attached hydrogens (tertiary/aromatic N) is 2. The highest BCUT2D eigenvalue weighted by atomic mass is 35.5. The molecule has 0 atom stereocenters. The van der Waals surface area contributed by atoms with E-state index in [-0.39, 0.29) is 5.91 Å². The number of rotatable bonds is 3. The van der Waals surface area contributed by atoms with Crippen LogP contribution >= 0.6 is 47.2 Å². The fourth-order valence-electron chi connectivity index (χ4n) is 2.34. The molecule has 0 spiro atoms. The van der Waals surface area contributed by atoms with Crippen LogP contribution in [0.4, 0.5) is 11.4 Å². The van der Waals surface area contributed by atoms with Gasteiger partial charge in [-0.2, -0.15) is 0 Å². The average Bonchev–Trinajstić information content (AvgIpc) is 2.85. The van der Waals surface area contributed by atoms with Gasteiger partial charge in [-0.1, -0.05) is 53.2 Å². The predicted octanol–water partition coefficient (Wildman–Crippen LogP) is 5.47. The predicted molar refractivity (Wildman–Crippen MR) is 113 cm³/mol. The van der Waals surface area contributed by atoms with Crippen molar-refractivity contribution in [1.82, 2.24) is 0 Å². The Morgan fingerprint density at radius 3 is 2.36 bits per heavy atom. The van der Waals surface area contributed by atoms with Crippen molar-refractivity contribution in [3.63, 3.8) is 0 Å². The first-order valence-corrected chi connectivity index (χ1v) is 9.35. The summed E-state index contributed by atoms with van der Waals surface area (Å²) in [5, 5.41) is 0.928. The van der Waals surface area contributed by atoms with Crippen LogP contribution in [0.5, 0.6) is 0 Å². The third-order valence-electron chi connectivity index (χ3n) is 3.66. The summed E-state index contributed by atoms with van der Waals surface area (Å²) in [5.41, 5.74) is 2.61. The van der Waals surface area contributed by atoms with Crippen molar-refractivity contribution in [2.75, 3.05) is 23.9 Å². The van der Waals surface area contributed by atoms with E-state index in [1.165, 1.54) is 11.8 Å². The Kier molecular flexibility index (Phi) is 5.39. The lowest BCUT2D eigenvalue weighted by Gasteiger charge is -2.17. The van der Waals surface area contributed by atoms with E-state index in [4.69, 9.17) is 35.4 Å². The number of anilines is 2. The molecule has 1 heterocycles. The number of thioether (sulfide) groups is 1. The summed E-state index contributed by atoms with van der Waals surface area (Å²) in [6, 6.07) is 12.9. The van der Waals surface area contributed by atoms with Gasteiger partial charge < -0.3 is 4.90 Å². The number of thiocarbonyl (C=S) groups is 1. The molecule has 2 aromatic carbocycles. The molecule has 0 saturated carbocycles. The van der Waals surface area contributed by atoms with Crippen molar-refractivity contribution in [3.8, 4) is 0 Å². The van der Waals surface area contributed by atoms with Crippen molar-refractivity contribution in [2.45, 2.75) is 0 Å². The van der Waals surface area contributed by atoms with Crippen LogP contribution in [0.2, 0.25) is 10.0 Å². The largest absolute Gasteiger partial charge is 0.378 e. The third-order valence-corrected chi connectivity index (χ3v) is 5.70. The van der Waals surface area contributed by atoms with E-state index in [9.17, 15) is 4.79 Å². The number of hydrogen-bond donors (Lipinski definition) is 0. The molecule has 25 heavy (non-hydrogen) atoms. The molecule has 128 valence electrons. The van der Waals surface area contributed by atoms with E-state index < -0.39 is 0 Å². The quantitative estimate of drug-likeness (QED) is 0.496. The molecular weight excluding hydrogens is 395 g/mol. The first kappa shape index (κ1) is 18.3. The molecule has 0 aromatic heterocycles. The fourth-order valence-corrected chi connectivity index (χ4v) is 3.95. The maximum Gasteiger partial charge on any atom is 0.270 e. The normalized spacial score (nSPS) is 16.0. The van der Waals surface area contributed by atoms with Crippen LogP contribution in [-0.4, -0.2) is 24.3 Å². The second-order valence-electron chi connectivity index (χ2n) is 5.60. The number of halogens is 2. The summed E-state index contributed by atoms with van der Waals surface area (Å²) in [4.78, 5) is 16.9. The Hall–Kier alpha value is -1.53. The van der Waals surface area contributed by atoms with Crippen LogP contribution in [0.1, 0.15) is 5.56 Å². The monoisotopic (exact) mass is 408 g/mol. The molecule has 3 rings (SSSR count). The Labute approximate surface area is 166 Å². The molecule has 1 aliphatic heterocycles. The summed E-state index contributed by atoms with van der Waals surface area (Å²) in [6.07, 6.45) is 1.77. The lowest BCUT2D eigenvalue weighted by Crippen LogP contribution is -2.27. The van der Waals surface area contributed by atoms with Crippen LogP contribution < -0.4 is 9.80 Å². The molecular formula is C18H14Cl2N2OS2. The molecule has 7 heteroatoms. The van der Waals surface area contributed by atoms with Crippen LogP contribution in [0.15, 0.2) is 47.4 Å². The van der Waals surface area contributed by atoms with Crippen molar-refractivity contribution in [2.24, 2.45) is 0 Å². The minimum absolute atomic E-state index is 0.140. The SMILES string of the molecule is CN(C)c1ccc(N2C(=O)C(=Cc3ccc(Cl)c(Cl)c3)SC2=S)cc1. The van der Waals surface area contributed by atoms with Gasteiger partial charge in [-0.05, 0) is 48.0 Å².